The van der Waals surface area contributed by atoms with Gasteiger partial charge in [0.1, 0.15) is 11.5 Å². The number of halogens is 2. The first-order valence-corrected chi connectivity index (χ1v) is 21.2. The molecule has 0 saturated heterocycles. The molecule has 0 aromatic heterocycles. The summed E-state index contributed by atoms with van der Waals surface area (Å²) in [6.07, 6.45) is 1.40. The van der Waals surface area contributed by atoms with E-state index in [1.807, 2.05) is 6.07 Å². The van der Waals surface area contributed by atoms with E-state index in [0.29, 0.717) is 42.1 Å². The maximum atomic E-state index is 14.8. The smallest absolute Gasteiger partial charge is 0.426 e. The molecule has 238 valence electrons. The number of rotatable bonds is 16. The summed E-state index contributed by atoms with van der Waals surface area (Å²) in [6.45, 7) is 11.7. The molecule has 44 heavy (non-hydrogen) atoms. The highest BCUT2D eigenvalue weighted by atomic mass is 28.4. The van der Waals surface area contributed by atoms with Crippen LogP contribution in [-0.2, 0) is 26.2 Å². The molecule has 0 fully saturated rings. The van der Waals surface area contributed by atoms with Crippen LogP contribution >= 0.6 is 0 Å². The minimum atomic E-state index is -3.54. The highest BCUT2D eigenvalue weighted by Crippen LogP contribution is 2.33. The topological polar surface area (TPSA) is 106 Å². The zero-order valence-corrected chi connectivity index (χ0v) is 28.2. The third-order valence-corrected chi connectivity index (χ3v) is 12.7. The van der Waals surface area contributed by atoms with E-state index < -0.39 is 28.7 Å². The standard InChI is InChI=1S/C33H44F2N2O5Si2/c1-43(2,3)42-44(4,5)23-7-22-39-29-18-13-27(14-19-29)33(34,35)41-30-16-9-25(10-17-30)11-20-32(38)40-21-6-8-26-12-15-28(36)24-31(26)37/h9-20,24H,6-8,21-23,36-37H2,1-5H3/b20-11+. The first-order chi connectivity index (χ1) is 20.6. The van der Waals surface area contributed by atoms with Crippen LogP contribution in [0.4, 0.5) is 20.2 Å². The van der Waals surface area contributed by atoms with Gasteiger partial charge in [0.05, 0.1) is 18.8 Å². The highest BCUT2D eigenvalue weighted by Gasteiger charge is 2.34. The quantitative estimate of drug-likeness (QED) is 0.0536. The van der Waals surface area contributed by atoms with Crippen molar-refractivity contribution in [2.45, 2.75) is 64.2 Å². The molecule has 11 heteroatoms. The van der Waals surface area contributed by atoms with Crippen molar-refractivity contribution in [3.8, 4) is 11.5 Å². The van der Waals surface area contributed by atoms with Crippen LogP contribution in [0.1, 0.15) is 29.5 Å². The van der Waals surface area contributed by atoms with E-state index in [-0.39, 0.29) is 17.9 Å². The molecule has 0 aliphatic rings. The van der Waals surface area contributed by atoms with Gasteiger partial charge in [-0.2, -0.15) is 8.78 Å². The summed E-state index contributed by atoms with van der Waals surface area (Å²) >= 11 is 0. The number of aryl methyl sites for hydroxylation is 1. The molecule has 0 radical (unpaired) electrons. The van der Waals surface area contributed by atoms with Crippen LogP contribution in [0.2, 0.25) is 38.8 Å². The summed E-state index contributed by atoms with van der Waals surface area (Å²) in [5.74, 6) is 0.0110. The van der Waals surface area contributed by atoms with Crippen LogP contribution in [0, 0.1) is 0 Å². The Morgan fingerprint density at radius 1 is 0.864 bits per heavy atom. The van der Waals surface area contributed by atoms with E-state index in [2.05, 4.69) is 32.7 Å². The third-order valence-electron chi connectivity index (χ3n) is 6.51. The molecule has 0 aliphatic heterocycles. The summed E-state index contributed by atoms with van der Waals surface area (Å²) in [7, 11) is -3.33. The van der Waals surface area contributed by atoms with Gasteiger partial charge in [-0.15, -0.1) is 0 Å². The average Bonchev–Trinajstić information content (AvgIpc) is 2.93. The number of carbonyl (C=O) groups is 1. The van der Waals surface area contributed by atoms with Gasteiger partial charge in [-0.05, 0) is 124 Å². The van der Waals surface area contributed by atoms with E-state index in [1.54, 1.807) is 30.3 Å². The molecule has 3 rings (SSSR count). The average molecular weight is 643 g/mol. The van der Waals surface area contributed by atoms with Crippen molar-refractivity contribution in [1.82, 2.24) is 0 Å². The lowest BCUT2D eigenvalue weighted by atomic mass is 10.1. The van der Waals surface area contributed by atoms with Crippen LogP contribution in [0.15, 0.2) is 72.8 Å². The number of esters is 1. The number of anilines is 2. The minimum Gasteiger partial charge on any atom is -0.494 e. The molecule has 0 bridgehead atoms. The molecule has 0 amide bonds. The second-order valence-electron chi connectivity index (χ2n) is 12.2. The van der Waals surface area contributed by atoms with Crippen molar-refractivity contribution in [3.63, 3.8) is 0 Å². The Labute approximate surface area is 261 Å². The number of nitrogen functional groups attached to an aromatic ring is 2. The Bertz CT molecular complexity index is 1390. The van der Waals surface area contributed by atoms with Gasteiger partial charge in [-0.3, -0.25) is 0 Å². The number of nitrogens with two attached hydrogens (primary N) is 2. The van der Waals surface area contributed by atoms with Gasteiger partial charge in [0.15, 0.2) is 16.6 Å². The summed E-state index contributed by atoms with van der Waals surface area (Å²) in [5.41, 5.74) is 14.1. The van der Waals surface area contributed by atoms with Crippen LogP contribution < -0.4 is 20.9 Å². The second kappa shape index (κ2) is 15.4. The SMILES string of the molecule is C[Si](C)(C)O[Si](C)(C)CCCOc1ccc(C(F)(F)Oc2ccc(/C=C/C(=O)OCCCc3ccc(N)cc3N)cc2)cc1. The molecule has 0 heterocycles. The van der Waals surface area contributed by atoms with Crippen molar-refractivity contribution < 1.29 is 31.9 Å². The van der Waals surface area contributed by atoms with Crippen molar-refractivity contribution in [1.29, 1.82) is 0 Å². The van der Waals surface area contributed by atoms with Gasteiger partial charge >= 0.3 is 12.1 Å². The number of benzene rings is 3. The third kappa shape index (κ3) is 12.1. The molecule has 0 saturated carbocycles. The fraction of sp³-hybridized carbons (Fsp3) is 0.364. The summed E-state index contributed by atoms with van der Waals surface area (Å²) < 4.78 is 52.0. The summed E-state index contributed by atoms with van der Waals surface area (Å²) in [4.78, 5) is 12.0. The Morgan fingerprint density at radius 2 is 1.52 bits per heavy atom. The van der Waals surface area contributed by atoms with Gasteiger partial charge in [-0.1, -0.05) is 18.2 Å². The maximum Gasteiger partial charge on any atom is 0.426 e. The molecule has 3 aromatic carbocycles. The van der Waals surface area contributed by atoms with Gasteiger partial charge in [0.2, 0.25) is 0 Å². The Balaban J connectivity index is 1.42. The molecule has 4 N–H and O–H groups in total. The fourth-order valence-corrected chi connectivity index (χ4v) is 12.7. The predicted octanol–water partition coefficient (Wildman–Crippen LogP) is 7.99. The van der Waals surface area contributed by atoms with Crippen LogP contribution in [-0.4, -0.2) is 35.8 Å². The van der Waals surface area contributed by atoms with E-state index in [1.165, 1.54) is 42.5 Å². The number of ether oxygens (including phenoxy) is 3. The zero-order valence-electron chi connectivity index (χ0n) is 26.2. The monoisotopic (exact) mass is 642 g/mol. The number of carbonyl (C=O) groups excluding carboxylic acids is 1. The van der Waals surface area contributed by atoms with Crippen molar-refractivity contribution in [2.24, 2.45) is 0 Å². The minimum absolute atomic E-state index is 0.00990. The molecule has 0 atom stereocenters. The number of hydrogen-bond donors (Lipinski definition) is 2. The van der Waals surface area contributed by atoms with Gasteiger partial charge in [0.25, 0.3) is 0 Å². The zero-order chi connectivity index (χ0) is 32.4. The molecular weight excluding hydrogens is 599 g/mol. The highest BCUT2D eigenvalue weighted by molar-refractivity contribution is 6.84. The number of alkyl halides is 2. The molecule has 0 aliphatic carbocycles. The van der Waals surface area contributed by atoms with Crippen molar-refractivity contribution in [3.05, 3.63) is 89.5 Å². The van der Waals surface area contributed by atoms with Crippen LogP contribution in [0.5, 0.6) is 11.5 Å². The summed E-state index contributed by atoms with van der Waals surface area (Å²) in [5, 5.41) is 0. The molecule has 0 unspecified atom stereocenters. The van der Waals surface area contributed by atoms with Gasteiger partial charge in [0, 0.05) is 17.5 Å². The lowest BCUT2D eigenvalue weighted by Crippen LogP contribution is -2.42. The second-order valence-corrected chi connectivity index (χ2v) is 21.3. The van der Waals surface area contributed by atoms with E-state index >= 15 is 0 Å². The van der Waals surface area contributed by atoms with Gasteiger partial charge < -0.3 is 29.8 Å². The Morgan fingerprint density at radius 3 is 2.16 bits per heavy atom. The maximum absolute atomic E-state index is 14.8. The molecule has 3 aromatic rings. The van der Waals surface area contributed by atoms with Crippen molar-refractivity contribution >= 4 is 40.1 Å². The lowest BCUT2D eigenvalue weighted by molar-refractivity contribution is -0.185. The first-order valence-electron chi connectivity index (χ1n) is 14.7. The molecular formula is C33H44F2N2O5Si2. The first kappa shape index (κ1) is 34.8. The molecule has 7 nitrogen and oxygen atoms in total. The fourth-order valence-electron chi connectivity index (χ4n) is 4.66. The summed E-state index contributed by atoms with van der Waals surface area (Å²) in [6, 6.07) is 18.0. The normalized spacial score (nSPS) is 12.3. The lowest BCUT2D eigenvalue weighted by Gasteiger charge is -2.31. The predicted molar refractivity (Wildman–Crippen MR) is 178 cm³/mol. The van der Waals surface area contributed by atoms with Crippen LogP contribution in [0.3, 0.4) is 0 Å². The Kier molecular flexibility index (Phi) is 12.2. The van der Waals surface area contributed by atoms with E-state index in [9.17, 15) is 13.6 Å². The Hall–Kier alpha value is -3.68. The number of hydrogen-bond acceptors (Lipinski definition) is 7. The largest absolute Gasteiger partial charge is 0.494 e. The van der Waals surface area contributed by atoms with E-state index in [4.69, 9.17) is 29.8 Å². The van der Waals surface area contributed by atoms with Gasteiger partial charge in [-0.25, -0.2) is 4.79 Å². The van der Waals surface area contributed by atoms with E-state index in [0.717, 1.165) is 18.0 Å². The van der Waals surface area contributed by atoms with Crippen LogP contribution in [0.25, 0.3) is 6.08 Å². The molecule has 0 spiro atoms. The van der Waals surface area contributed by atoms with Crippen molar-refractivity contribution in [2.75, 3.05) is 24.7 Å².